The van der Waals surface area contributed by atoms with Crippen molar-refractivity contribution in [2.75, 3.05) is 151 Å². The third kappa shape index (κ3) is 10.8. The van der Waals surface area contributed by atoms with Gasteiger partial charge in [-0.2, -0.15) is 0 Å². The van der Waals surface area contributed by atoms with Gasteiger partial charge in [-0.15, -0.1) is 0 Å². The van der Waals surface area contributed by atoms with Gasteiger partial charge < -0.3 is 104 Å². The van der Waals surface area contributed by atoms with Gasteiger partial charge in [0.2, 0.25) is 11.6 Å². The van der Waals surface area contributed by atoms with Crippen molar-refractivity contribution in [1.82, 2.24) is 0 Å². The molecule has 12 aliphatic rings. The highest BCUT2D eigenvalue weighted by atomic mass is 31.1. The zero-order valence-corrected chi connectivity index (χ0v) is 54.2. The van der Waals surface area contributed by atoms with Crippen molar-refractivity contribution in [2.24, 2.45) is 11.8 Å². The van der Waals surface area contributed by atoms with Crippen LogP contribution in [0.1, 0.15) is 12.8 Å². The maximum atomic E-state index is 8.70. The minimum atomic E-state index is -1.97. The molecule has 22 nitrogen and oxygen atoms in total. The van der Waals surface area contributed by atoms with E-state index < -0.39 is 173 Å². The van der Waals surface area contributed by atoms with E-state index in [0.29, 0.717) is 37.5 Å². The molecule has 28 atom stereocenters. The van der Waals surface area contributed by atoms with Crippen LogP contribution >= 0.6 is 15.8 Å². The van der Waals surface area contributed by atoms with Gasteiger partial charge in [0.25, 0.3) is 0 Å². The summed E-state index contributed by atoms with van der Waals surface area (Å²) in [6, 6.07) is 21.0. The molecule has 0 N–H and O–H groups in total. The number of hydrogen-bond acceptors (Lipinski definition) is 22. The second-order valence-corrected chi connectivity index (χ2v) is 28.8. The van der Waals surface area contributed by atoms with Gasteiger partial charge in [0.05, 0.1) is 99.3 Å². The number of methoxy groups -OCH3 is 14. The van der Waals surface area contributed by atoms with E-state index in [1.54, 1.807) is 99.5 Å². The van der Waals surface area contributed by atoms with E-state index in [2.05, 4.69) is 48.5 Å². The van der Waals surface area contributed by atoms with Crippen LogP contribution in [0.5, 0.6) is 0 Å². The molecular weight excluding hydrogens is 1160 g/mol. The quantitative estimate of drug-likeness (QED) is 0.197. The highest BCUT2D eigenvalue weighted by Gasteiger charge is 2.79. The molecular formula is C62H94O22P2. The maximum Gasteiger partial charge on any atom is 0.206 e. The number of benzene rings is 2. The summed E-state index contributed by atoms with van der Waals surface area (Å²) in [6.07, 6.45) is -15.3. The second-order valence-electron chi connectivity index (χ2n) is 24.1. The number of fused-ring (bicyclic) bond motifs is 2. The molecule has 14 rings (SSSR count). The van der Waals surface area contributed by atoms with E-state index >= 15 is 0 Å². The van der Waals surface area contributed by atoms with Gasteiger partial charge in [-0.3, -0.25) is 0 Å². The lowest BCUT2D eigenvalue weighted by molar-refractivity contribution is -0.488. The predicted octanol–water partition coefficient (Wildman–Crippen LogP) is 3.16. The van der Waals surface area contributed by atoms with Crippen molar-refractivity contribution in [3.8, 4) is 0 Å². The molecule has 4 spiro atoms. The van der Waals surface area contributed by atoms with Gasteiger partial charge in [0.15, 0.2) is 11.2 Å². The molecule has 0 saturated carbocycles. The van der Waals surface area contributed by atoms with Gasteiger partial charge in [-0.25, -0.2) is 0 Å². The lowest BCUT2D eigenvalue weighted by Gasteiger charge is -2.68. The van der Waals surface area contributed by atoms with Crippen LogP contribution in [0.25, 0.3) is 0 Å². The van der Waals surface area contributed by atoms with Crippen LogP contribution in [0.4, 0.5) is 0 Å². The van der Waals surface area contributed by atoms with Gasteiger partial charge in [0, 0.05) is 125 Å². The first-order chi connectivity index (χ1) is 41.9. The number of rotatable bonds is 18. The van der Waals surface area contributed by atoms with Crippen LogP contribution in [-0.4, -0.2) is 295 Å². The Morgan fingerprint density at radius 3 is 1.08 bits per heavy atom. The summed E-state index contributed by atoms with van der Waals surface area (Å²) < 4.78 is 160. The minimum Gasteiger partial charge on any atom is -0.382 e. The Morgan fingerprint density at radius 2 is 0.767 bits per heavy atom. The fourth-order valence-corrected chi connectivity index (χ4v) is 22.4. The molecule has 0 amide bonds. The largest absolute Gasteiger partial charge is 0.382 e. The van der Waals surface area contributed by atoms with E-state index in [0.717, 1.165) is 10.6 Å². The number of ether oxygens (including phenoxy) is 22. The first-order valence-corrected chi connectivity index (χ1v) is 33.6. The molecule has 484 valence electrons. The second kappa shape index (κ2) is 27.9. The third-order valence-corrected chi connectivity index (χ3v) is 25.7. The Hall–Kier alpha value is -1.58. The zero-order valence-electron chi connectivity index (χ0n) is 52.4. The summed E-state index contributed by atoms with van der Waals surface area (Å²) in [5.74, 6) is -5.99. The molecule has 24 heteroatoms. The molecule has 86 heavy (non-hydrogen) atoms. The Balaban J connectivity index is 1.31. The smallest absolute Gasteiger partial charge is 0.206 e. The standard InChI is InChI=1S/C62H94O22P2/c1-63-27-41-47-49(69-7)51(71-9)57(79-41)59-45(77-29-43(67-5)53(59)73-11)33-86(38-23-19-16-20-24-38)32-36-26-40(66-4)56(76-14)62(82-36,84-59)48-42(28-64-2)80-58(52(72-10)50(48)70-8)60-46(78-30-44(68-6)54(60)74-12)34-85(37-21-17-15-18-22-37)31-35-25-39(65-3)55(75-13)61(47,81-35)83-60/h15-24,35-36,39-58H,25-34H2,1-14H3/t35-,36-,39-,40-,41+,42+,43-,44?,45+,46+,47+,48+,49-,50-,51+,52+,53?,54?,55+,56?,57-,58-,59+,60+,61+,62+,85?,86?/m0/s1. The van der Waals surface area contributed by atoms with Crippen LogP contribution in [0, 0.1) is 11.8 Å². The average molecular weight is 1250 g/mol. The van der Waals surface area contributed by atoms with E-state index in [1.807, 2.05) is 12.1 Å². The van der Waals surface area contributed by atoms with E-state index in [-0.39, 0.29) is 26.4 Å². The lowest BCUT2D eigenvalue weighted by Crippen LogP contribution is -2.86. The van der Waals surface area contributed by atoms with Crippen molar-refractivity contribution >= 4 is 26.5 Å². The fraction of sp³-hybridized carbons (Fsp3) is 0.806. The normalized spacial score (nSPS) is 47.6. The number of hydrogen-bond donors (Lipinski definition) is 0. The lowest BCUT2D eigenvalue weighted by atomic mass is 9.66. The SMILES string of the molecule is COC[C@H]1O[C@H]2[C@H](OC)[C@@H](OC)[C@@H]1[C@]13O[C@@H](C[C@H](OC)C1OC)CP(c1ccccc1)C[C@H]1OC[C@H](OC)C(OC)[C@@]1(O3)[C@H]1O[C@H](COC)[C@H]([C@H](OC)[C@H]1OC)[C@]13O[C@@H](C[C@H](OC)[C@H]1OC)CP(c1ccccc1)C[C@H]1OCC(OC)C(OC)[C@]12O3. The summed E-state index contributed by atoms with van der Waals surface area (Å²) >= 11 is 0. The predicted molar refractivity (Wildman–Crippen MR) is 315 cm³/mol. The average Bonchev–Trinajstić information content (AvgIpc) is 0.967. The molecule has 10 bridgehead atoms. The summed E-state index contributed by atoms with van der Waals surface area (Å²) in [5, 5.41) is 2.27. The molecule has 12 heterocycles. The van der Waals surface area contributed by atoms with Gasteiger partial charge >= 0.3 is 0 Å². The van der Waals surface area contributed by atoms with Crippen molar-refractivity contribution < 1.29 is 104 Å². The Kier molecular flexibility index (Phi) is 21.4. The van der Waals surface area contributed by atoms with Gasteiger partial charge in [0.1, 0.15) is 61.0 Å². The topological polar surface area (TPSA) is 203 Å². The van der Waals surface area contributed by atoms with Crippen LogP contribution < -0.4 is 10.6 Å². The fourth-order valence-electron chi connectivity index (χ4n) is 17.0. The van der Waals surface area contributed by atoms with Crippen LogP contribution in [0.2, 0.25) is 0 Å². The first-order valence-electron chi connectivity index (χ1n) is 30.1. The Morgan fingerprint density at radius 1 is 0.407 bits per heavy atom. The van der Waals surface area contributed by atoms with E-state index in [9.17, 15) is 0 Å². The van der Waals surface area contributed by atoms with Crippen LogP contribution in [0.15, 0.2) is 60.7 Å². The molecule has 2 aromatic carbocycles. The Bertz CT molecular complexity index is 2300. The van der Waals surface area contributed by atoms with Gasteiger partial charge in [-0.05, 0) is 22.9 Å². The molecule has 0 aliphatic carbocycles. The van der Waals surface area contributed by atoms with Crippen LogP contribution in [0.3, 0.4) is 0 Å². The minimum absolute atomic E-state index is 0.0342. The summed E-state index contributed by atoms with van der Waals surface area (Å²) in [6.45, 7) is 0.217. The summed E-state index contributed by atoms with van der Waals surface area (Å²) in [7, 11) is 20.9. The highest BCUT2D eigenvalue weighted by molar-refractivity contribution is 7.66. The molecule has 12 aliphatic heterocycles. The van der Waals surface area contributed by atoms with Crippen molar-refractivity contribution in [1.29, 1.82) is 0 Å². The van der Waals surface area contributed by atoms with Crippen molar-refractivity contribution in [3.05, 3.63) is 60.7 Å². The van der Waals surface area contributed by atoms with Crippen molar-refractivity contribution in [3.63, 3.8) is 0 Å². The molecule has 0 aromatic heterocycles. The maximum absolute atomic E-state index is 8.70. The Labute approximate surface area is 509 Å². The van der Waals surface area contributed by atoms with Gasteiger partial charge in [-0.1, -0.05) is 76.5 Å². The highest BCUT2D eigenvalue weighted by Crippen LogP contribution is 2.62. The third-order valence-electron chi connectivity index (χ3n) is 20.4. The monoisotopic (exact) mass is 1250 g/mol. The van der Waals surface area contributed by atoms with Crippen LogP contribution in [-0.2, 0) is 104 Å². The molecule has 12 fully saturated rings. The summed E-state index contributed by atoms with van der Waals surface area (Å²) in [5.41, 5.74) is -3.61. The summed E-state index contributed by atoms with van der Waals surface area (Å²) in [4.78, 5) is 0. The molecule has 12 saturated heterocycles. The van der Waals surface area contributed by atoms with E-state index in [4.69, 9.17) is 104 Å². The van der Waals surface area contributed by atoms with Crippen molar-refractivity contribution in [2.45, 2.75) is 158 Å². The van der Waals surface area contributed by atoms with E-state index in [1.165, 1.54) is 0 Å². The zero-order chi connectivity index (χ0) is 60.7. The molecule has 6 unspecified atom stereocenters. The molecule has 0 radical (unpaired) electrons. The molecule has 2 aromatic rings. The first kappa shape index (κ1) is 65.9.